The third kappa shape index (κ3) is 2.45. The summed E-state index contributed by atoms with van der Waals surface area (Å²) in [4.78, 5) is 2.58. The molecule has 2 atom stereocenters. The summed E-state index contributed by atoms with van der Waals surface area (Å²) in [5.74, 6) is 0. The number of rotatable bonds is 3. The molecule has 0 aromatic carbocycles. The average molecular weight is 250 g/mol. The van der Waals surface area contributed by atoms with Gasteiger partial charge in [-0.2, -0.15) is 5.10 Å². The number of hydrogen-bond acceptors (Lipinski definition) is 3. The molecule has 1 N–H and O–H groups in total. The van der Waals surface area contributed by atoms with Crippen LogP contribution in [0.4, 0.5) is 0 Å². The molecule has 1 fully saturated rings. The molecule has 1 aliphatic rings. The Morgan fingerprint density at radius 2 is 2.11 bits per heavy atom. The van der Waals surface area contributed by atoms with E-state index in [9.17, 15) is 0 Å². The van der Waals surface area contributed by atoms with E-state index in [0.29, 0.717) is 12.1 Å². The highest BCUT2D eigenvalue weighted by Crippen LogP contribution is 2.28. The monoisotopic (exact) mass is 250 g/mol. The van der Waals surface area contributed by atoms with Gasteiger partial charge < -0.3 is 5.32 Å². The normalized spacial score (nSPS) is 23.3. The first-order valence-corrected chi connectivity index (χ1v) is 6.96. The summed E-state index contributed by atoms with van der Waals surface area (Å²) in [6, 6.07) is 1.10. The van der Waals surface area contributed by atoms with Gasteiger partial charge in [0.15, 0.2) is 0 Å². The van der Waals surface area contributed by atoms with E-state index in [-0.39, 0.29) is 0 Å². The predicted octanol–water partition coefficient (Wildman–Crippen LogP) is 1.78. The Balaban J connectivity index is 2.17. The number of piperidine rings is 1. The summed E-state index contributed by atoms with van der Waals surface area (Å²) in [5, 5.41) is 7.95. The van der Waals surface area contributed by atoms with Crippen molar-refractivity contribution < 1.29 is 0 Å². The lowest BCUT2D eigenvalue weighted by atomic mass is 9.99. The molecule has 0 saturated carbocycles. The molecule has 1 aromatic heterocycles. The van der Waals surface area contributed by atoms with Gasteiger partial charge in [-0.3, -0.25) is 9.58 Å². The Labute approximate surface area is 110 Å². The van der Waals surface area contributed by atoms with Gasteiger partial charge >= 0.3 is 0 Å². The molecule has 1 aromatic rings. The van der Waals surface area contributed by atoms with Crippen molar-refractivity contribution in [3.05, 3.63) is 17.0 Å². The van der Waals surface area contributed by atoms with Gasteiger partial charge in [-0.15, -0.1) is 0 Å². The largest absolute Gasteiger partial charge is 0.316 e. The molecule has 0 spiro atoms. The maximum absolute atomic E-state index is 4.54. The maximum atomic E-state index is 4.54. The van der Waals surface area contributed by atoms with Crippen LogP contribution in [0, 0.1) is 13.8 Å². The Kier molecular flexibility index (Phi) is 4.07. The van der Waals surface area contributed by atoms with E-state index in [1.54, 1.807) is 0 Å². The minimum Gasteiger partial charge on any atom is -0.316 e. The third-order valence-electron chi connectivity index (χ3n) is 4.39. The van der Waals surface area contributed by atoms with Crippen LogP contribution in [0.2, 0.25) is 0 Å². The van der Waals surface area contributed by atoms with Crippen molar-refractivity contribution in [3.8, 4) is 0 Å². The Hall–Kier alpha value is -0.870. The lowest BCUT2D eigenvalue weighted by molar-refractivity contribution is 0.148. The summed E-state index contributed by atoms with van der Waals surface area (Å²) in [7, 11) is 4.10. The number of nitrogens with one attached hydrogen (secondary N) is 1. The van der Waals surface area contributed by atoms with E-state index in [0.717, 1.165) is 6.54 Å². The van der Waals surface area contributed by atoms with Gasteiger partial charge in [0.2, 0.25) is 0 Å². The smallest absolute Gasteiger partial charge is 0.0644 e. The van der Waals surface area contributed by atoms with Gasteiger partial charge in [-0.25, -0.2) is 0 Å². The lowest BCUT2D eigenvalue weighted by Crippen LogP contribution is -2.45. The zero-order chi connectivity index (χ0) is 13.3. The quantitative estimate of drug-likeness (QED) is 0.888. The van der Waals surface area contributed by atoms with Crippen LogP contribution in [0.25, 0.3) is 0 Å². The van der Waals surface area contributed by atoms with E-state index in [4.69, 9.17) is 0 Å². The second-order valence-corrected chi connectivity index (χ2v) is 5.51. The topological polar surface area (TPSA) is 33.1 Å². The first kappa shape index (κ1) is 13.6. The molecule has 102 valence electrons. The number of likely N-dealkylation sites (tertiary alicyclic amines) is 1. The molecule has 0 aliphatic carbocycles. The zero-order valence-corrected chi connectivity index (χ0v) is 12.3. The van der Waals surface area contributed by atoms with Crippen molar-refractivity contribution in [2.24, 2.45) is 7.05 Å². The molecule has 2 heterocycles. The fourth-order valence-corrected chi connectivity index (χ4v) is 3.17. The summed E-state index contributed by atoms with van der Waals surface area (Å²) in [6.45, 7) is 8.96. The van der Waals surface area contributed by atoms with Crippen LogP contribution in [0.1, 0.15) is 42.8 Å². The number of aryl methyl sites for hydroxylation is 2. The van der Waals surface area contributed by atoms with Crippen molar-refractivity contribution in [1.82, 2.24) is 20.0 Å². The molecule has 4 heteroatoms. The molecule has 2 rings (SSSR count). The lowest BCUT2D eigenvalue weighted by Gasteiger charge is -2.37. The molecular formula is C14H26N4. The first-order valence-electron chi connectivity index (χ1n) is 6.96. The van der Waals surface area contributed by atoms with Gasteiger partial charge in [0.1, 0.15) is 0 Å². The molecular weight excluding hydrogens is 224 g/mol. The minimum absolute atomic E-state index is 0.467. The fraction of sp³-hybridized carbons (Fsp3) is 0.786. The van der Waals surface area contributed by atoms with Gasteiger partial charge in [-0.1, -0.05) is 0 Å². The average Bonchev–Trinajstić information content (AvgIpc) is 2.62. The van der Waals surface area contributed by atoms with Crippen LogP contribution >= 0.6 is 0 Å². The van der Waals surface area contributed by atoms with Gasteiger partial charge in [0.25, 0.3) is 0 Å². The van der Waals surface area contributed by atoms with Crippen molar-refractivity contribution in [2.45, 2.75) is 45.7 Å². The summed E-state index contributed by atoms with van der Waals surface area (Å²) >= 11 is 0. The minimum atomic E-state index is 0.467. The Morgan fingerprint density at radius 1 is 1.39 bits per heavy atom. The SMILES string of the molecule is CNC1CCCN(C(C)c2c(C)nn(C)c2C)C1. The molecule has 0 bridgehead atoms. The van der Waals surface area contributed by atoms with Crippen LogP contribution in [-0.2, 0) is 7.05 Å². The van der Waals surface area contributed by atoms with Crippen LogP contribution in [0.15, 0.2) is 0 Å². The molecule has 1 saturated heterocycles. The predicted molar refractivity (Wildman–Crippen MR) is 74.8 cm³/mol. The Bertz CT molecular complexity index is 410. The number of likely N-dealkylation sites (N-methyl/N-ethyl adjacent to an activating group) is 1. The van der Waals surface area contributed by atoms with Crippen LogP contribution in [-0.4, -0.2) is 40.9 Å². The second-order valence-electron chi connectivity index (χ2n) is 5.51. The summed E-state index contributed by atoms with van der Waals surface area (Å²) in [5.41, 5.74) is 3.88. The summed E-state index contributed by atoms with van der Waals surface area (Å²) in [6.07, 6.45) is 2.58. The van der Waals surface area contributed by atoms with Crippen LogP contribution < -0.4 is 5.32 Å². The zero-order valence-electron chi connectivity index (χ0n) is 12.3. The Morgan fingerprint density at radius 3 is 2.67 bits per heavy atom. The van der Waals surface area contributed by atoms with Crippen LogP contribution in [0.5, 0.6) is 0 Å². The maximum Gasteiger partial charge on any atom is 0.0644 e. The van der Waals surface area contributed by atoms with Crippen molar-refractivity contribution in [3.63, 3.8) is 0 Å². The molecule has 0 amide bonds. The van der Waals surface area contributed by atoms with Crippen molar-refractivity contribution >= 4 is 0 Å². The van der Waals surface area contributed by atoms with E-state index in [1.165, 1.54) is 36.3 Å². The fourth-order valence-electron chi connectivity index (χ4n) is 3.17. The highest BCUT2D eigenvalue weighted by Gasteiger charge is 2.26. The molecule has 4 nitrogen and oxygen atoms in total. The molecule has 0 radical (unpaired) electrons. The van der Waals surface area contributed by atoms with Crippen molar-refractivity contribution in [1.29, 1.82) is 0 Å². The highest BCUT2D eigenvalue weighted by atomic mass is 15.3. The van der Waals surface area contributed by atoms with Crippen molar-refractivity contribution in [2.75, 3.05) is 20.1 Å². The third-order valence-corrected chi connectivity index (χ3v) is 4.39. The summed E-state index contributed by atoms with van der Waals surface area (Å²) < 4.78 is 2.00. The van der Waals surface area contributed by atoms with E-state index >= 15 is 0 Å². The van der Waals surface area contributed by atoms with Gasteiger partial charge in [0.05, 0.1) is 5.69 Å². The van der Waals surface area contributed by atoms with Crippen LogP contribution in [0.3, 0.4) is 0 Å². The first-order chi connectivity index (χ1) is 8.54. The molecule has 2 unspecified atom stereocenters. The standard InChI is InChI=1S/C14H26N4/c1-10-14(11(2)17(5)16-10)12(3)18-8-6-7-13(9-18)15-4/h12-13,15H,6-9H2,1-5H3. The second kappa shape index (κ2) is 5.41. The molecule has 1 aliphatic heterocycles. The number of nitrogens with zero attached hydrogens (tertiary/aromatic N) is 3. The highest BCUT2D eigenvalue weighted by molar-refractivity contribution is 5.27. The van der Waals surface area contributed by atoms with E-state index in [1.807, 2.05) is 11.7 Å². The molecule has 18 heavy (non-hydrogen) atoms. The number of hydrogen-bond donors (Lipinski definition) is 1. The number of aromatic nitrogens is 2. The van der Waals surface area contributed by atoms with E-state index in [2.05, 4.69) is 43.1 Å². The van der Waals surface area contributed by atoms with Gasteiger partial charge in [0, 0.05) is 36.9 Å². The van der Waals surface area contributed by atoms with Gasteiger partial charge in [-0.05, 0) is 47.2 Å². The van der Waals surface area contributed by atoms with E-state index < -0.39 is 0 Å².